The van der Waals surface area contributed by atoms with E-state index in [1.165, 1.54) is 0 Å². The van der Waals surface area contributed by atoms with Gasteiger partial charge in [-0.1, -0.05) is 62.4 Å². The first-order valence-corrected chi connectivity index (χ1v) is 8.43. The van der Waals surface area contributed by atoms with Gasteiger partial charge in [0, 0.05) is 18.8 Å². The molecule has 2 aromatic rings. The van der Waals surface area contributed by atoms with Crippen LogP contribution in [0.25, 0.3) is 0 Å². The SMILES string of the molecule is CCN(CC)CCN1C(=O)C(c2ccccc2)c2ccccc21. The number of rotatable bonds is 6. The summed E-state index contributed by atoms with van der Waals surface area (Å²) < 4.78 is 0. The van der Waals surface area contributed by atoms with Crippen LogP contribution in [0.3, 0.4) is 0 Å². The van der Waals surface area contributed by atoms with E-state index < -0.39 is 0 Å². The zero-order valence-corrected chi connectivity index (χ0v) is 13.9. The molecule has 2 aromatic carbocycles. The minimum Gasteiger partial charge on any atom is -0.310 e. The molecule has 0 aliphatic carbocycles. The van der Waals surface area contributed by atoms with Crippen molar-refractivity contribution in [1.29, 1.82) is 0 Å². The van der Waals surface area contributed by atoms with Gasteiger partial charge in [-0.2, -0.15) is 0 Å². The fraction of sp³-hybridized carbons (Fsp3) is 0.350. The number of hydrogen-bond acceptors (Lipinski definition) is 2. The first-order chi connectivity index (χ1) is 11.3. The van der Waals surface area contributed by atoms with E-state index in [1.807, 2.05) is 47.4 Å². The maximum Gasteiger partial charge on any atom is 0.239 e. The number of carbonyl (C=O) groups is 1. The van der Waals surface area contributed by atoms with Gasteiger partial charge in [-0.3, -0.25) is 4.79 Å². The Morgan fingerprint density at radius 3 is 2.30 bits per heavy atom. The van der Waals surface area contributed by atoms with Crippen molar-refractivity contribution in [3.8, 4) is 0 Å². The normalized spacial score (nSPS) is 16.9. The van der Waals surface area contributed by atoms with E-state index in [0.29, 0.717) is 0 Å². The van der Waals surface area contributed by atoms with E-state index >= 15 is 0 Å². The molecule has 0 saturated carbocycles. The first-order valence-electron chi connectivity index (χ1n) is 8.43. The van der Waals surface area contributed by atoms with Crippen molar-refractivity contribution < 1.29 is 4.79 Å². The van der Waals surface area contributed by atoms with Gasteiger partial charge < -0.3 is 9.80 Å². The highest BCUT2D eigenvalue weighted by molar-refractivity contribution is 6.06. The topological polar surface area (TPSA) is 23.6 Å². The standard InChI is InChI=1S/C20H24N2O/c1-3-21(4-2)14-15-22-18-13-9-8-12-17(18)19(20(22)23)16-10-6-5-7-11-16/h5-13,19H,3-4,14-15H2,1-2H3. The Hall–Kier alpha value is -2.13. The second-order valence-corrected chi connectivity index (χ2v) is 5.92. The summed E-state index contributed by atoms with van der Waals surface area (Å²) in [7, 11) is 0. The quantitative estimate of drug-likeness (QED) is 0.815. The second kappa shape index (κ2) is 6.97. The predicted molar refractivity (Wildman–Crippen MR) is 94.9 cm³/mol. The predicted octanol–water partition coefficient (Wildman–Crippen LogP) is 3.51. The van der Waals surface area contributed by atoms with E-state index in [1.54, 1.807) is 0 Å². The number of anilines is 1. The van der Waals surface area contributed by atoms with Crippen molar-refractivity contribution in [2.24, 2.45) is 0 Å². The molecule has 0 spiro atoms. The zero-order valence-electron chi connectivity index (χ0n) is 13.9. The van der Waals surface area contributed by atoms with Gasteiger partial charge in [-0.05, 0) is 30.3 Å². The van der Waals surface area contributed by atoms with E-state index in [4.69, 9.17) is 0 Å². The monoisotopic (exact) mass is 308 g/mol. The van der Waals surface area contributed by atoms with Crippen molar-refractivity contribution in [2.45, 2.75) is 19.8 Å². The molecule has 0 bridgehead atoms. The highest BCUT2D eigenvalue weighted by Gasteiger charge is 2.37. The van der Waals surface area contributed by atoms with Gasteiger partial charge in [0.2, 0.25) is 5.91 Å². The summed E-state index contributed by atoms with van der Waals surface area (Å²) in [5.41, 5.74) is 3.28. The lowest BCUT2D eigenvalue weighted by Gasteiger charge is -2.23. The number of para-hydroxylation sites is 1. The molecular weight excluding hydrogens is 284 g/mol. The largest absolute Gasteiger partial charge is 0.310 e. The Morgan fingerprint density at radius 2 is 1.61 bits per heavy atom. The number of likely N-dealkylation sites (N-methyl/N-ethyl adjacent to an activating group) is 1. The lowest BCUT2D eigenvalue weighted by Crippen LogP contribution is -2.37. The van der Waals surface area contributed by atoms with Crippen molar-refractivity contribution in [3.63, 3.8) is 0 Å². The molecular formula is C20H24N2O. The van der Waals surface area contributed by atoms with E-state index in [9.17, 15) is 4.79 Å². The molecule has 1 atom stereocenters. The second-order valence-electron chi connectivity index (χ2n) is 5.92. The van der Waals surface area contributed by atoms with Crippen LogP contribution >= 0.6 is 0 Å². The van der Waals surface area contributed by atoms with Crippen LogP contribution in [0.1, 0.15) is 30.9 Å². The molecule has 3 nitrogen and oxygen atoms in total. The summed E-state index contributed by atoms with van der Waals surface area (Å²) in [4.78, 5) is 17.4. The van der Waals surface area contributed by atoms with Crippen molar-refractivity contribution in [3.05, 3.63) is 65.7 Å². The highest BCUT2D eigenvalue weighted by atomic mass is 16.2. The van der Waals surface area contributed by atoms with Crippen molar-refractivity contribution in [1.82, 2.24) is 4.90 Å². The van der Waals surface area contributed by atoms with E-state index in [-0.39, 0.29) is 11.8 Å². The highest BCUT2D eigenvalue weighted by Crippen LogP contribution is 2.40. The minimum absolute atomic E-state index is 0.163. The van der Waals surface area contributed by atoms with Crippen LogP contribution in [-0.4, -0.2) is 37.0 Å². The number of benzene rings is 2. The Labute approximate surface area is 138 Å². The summed E-state index contributed by atoms with van der Waals surface area (Å²) in [6.07, 6.45) is 0. The number of hydrogen-bond donors (Lipinski definition) is 0. The molecule has 1 aliphatic rings. The number of amides is 1. The summed E-state index contributed by atoms with van der Waals surface area (Å²) >= 11 is 0. The Kier molecular flexibility index (Phi) is 4.77. The Morgan fingerprint density at radius 1 is 0.957 bits per heavy atom. The van der Waals surface area contributed by atoms with Crippen LogP contribution in [0, 0.1) is 0 Å². The number of nitrogens with zero attached hydrogens (tertiary/aromatic N) is 2. The van der Waals surface area contributed by atoms with Crippen molar-refractivity contribution in [2.75, 3.05) is 31.1 Å². The van der Waals surface area contributed by atoms with Crippen LogP contribution in [0.15, 0.2) is 54.6 Å². The van der Waals surface area contributed by atoms with Gasteiger partial charge >= 0.3 is 0 Å². The van der Waals surface area contributed by atoms with Crippen molar-refractivity contribution >= 4 is 11.6 Å². The number of carbonyl (C=O) groups excluding carboxylic acids is 1. The molecule has 3 heteroatoms. The summed E-state index contributed by atoms with van der Waals surface area (Å²) in [6.45, 7) is 8.02. The van der Waals surface area contributed by atoms with Gasteiger partial charge in [-0.25, -0.2) is 0 Å². The van der Waals surface area contributed by atoms with Gasteiger partial charge in [0.1, 0.15) is 0 Å². The summed E-state index contributed by atoms with van der Waals surface area (Å²) in [6, 6.07) is 18.3. The molecule has 0 saturated heterocycles. The fourth-order valence-electron chi connectivity index (χ4n) is 3.36. The average Bonchev–Trinajstić information content (AvgIpc) is 2.88. The fourth-order valence-corrected chi connectivity index (χ4v) is 3.36. The summed E-state index contributed by atoms with van der Waals surface area (Å²) in [5, 5.41) is 0. The summed E-state index contributed by atoms with van der Waals surface area (Å²) in [5.74, 6) is 0.0358. The average molecular weight is 308 g/mol. The van der Waals surface area contributed by atoms with Gasteiger partial charge in [0.15, 0.2) is 0 Å². The lowest BCUT2D eigenvalue weighted by molar-refractivity contribution is -0.118. The van der Waals surface area contributed by atoms with Crippen LogP contribution in [0.5, 0.6) is 0 Å². The van der Waals surface area contributed by atoms with E-state index in [2.05, 4.69) is 30.9 Å². The Balaban J connectivity index is 1.89. The van der Waals surface area contributed by atoms with E-state index in [0.717, 1.165) is 43.0 Å². The molecule has 1 amide bonds. The smallest absolute Gasteiger partial charge is 0.239 e. The van der Waals surface area contributed by atoms with Gasteiger partial charge in [0.05, 0.1) is 5.92 Å². The lowest BCUT2D eigenvalue weighted by atomic mass is 9.93. The Bertz CT molecular complexity index is 664. The molecule has 1 heterocycles. The molecule has 1 unspecified atom stereocenters. The first kappa shape index (κ1) is 15.8. The molecule has 0 N–H and O–H groups in total. The molecule has 0 radical (unpaired) electrons. The molecule has 1 aliphatic heterocycles. The van der Waals surface area contributed by atoms with Crippen LogP contribution in [0.2, 0.25) is 0 Å². The number of fused-ring (bicyclic) bond motifs is 1. The van der Waals surface area contributed by atoms with Gasteiger partial charge in [0.25, 0.3) is 0 Å². The third-order valence-electron chi connectivity index (χ3n) is 4.72. The maximum absolute atomic E-state index is 13.1. The molecule has 0 aromatic heterocycles. The molecule has 23 heavy (non-hydrogen) atoms. The third kappa shape index (κ3) is 3.02. The maximum atomic E-state index is 13.1. The van der Waals surface area contributed by atoms with Crippen LogP contribution in [-0.2, 0) is 4.79 Å². The zero-order chi connectivity index (χ0) is 16.2. The van der Waals surface area contributed by atoms with Crippen LogP contribution in [0.4, 0.5) is 5.69 Å². The van der Waals surface area contributed by atoms with Crippen LogP contribution < -0.4 is 4.90 Å². The molecule has 120 valence electrons. The minimum atomic E-state index is -0.163. The third-order valence-corrected chi connectivity index (χ3v) is 4.72. The van der Waals surface area contributed by atoms with Gasteiger partial charge in [-0.15, -0.1) is 0 Å². The molecule has 3 rings (SSSR count). The molecule has 0 fully saturated rings.